The summed E-state index contributed by atoms with van der Waals surface area (Å²) in [5, 5.41) is 3.48. The van der Waals surface area contributed by atoms with E-state index in [4.69, 9.17) is 9.47 Å². The van der Waals surface area contributed by atoms with Gasteiger partial charge in [-0.3, -0.25) is 9.88 Å². The third-order valence-electron chi connectivity index (χ3n) is 6.18. The number of nitrogens with one attached hydrogen (secondary N) is 1. The number of hydrogen-bond acceptors (Lipinski definition) is 7. The van der Waals surface area contributed by atoms with Crippen molar-refractivity contribution in [3.63, 3.8) is 0 Å². The number of aromatic nitrogens is 2. The quantitative estimate of drug-likeness (QED) is 0.517. The van der Waals surface area contributed by atoms with Crippen molar-refractivity contribution in [1.29, 1.82) is 0 Å². The first kappa shape index (κ1) is 21.9. The normalized spacial score (nSPS) is 18.5. The molecule has 8 nitrogen and oxygen atoms in total. The highest BCUT2D eigenvalue weighted by atomic mass is 79.9. The summed E-state index contributed by atoms with van der Waals surface area (Å²) in [6.45, 7) is 5.98. The van der Waals surface area contributed by atoms with Crippen molar-refractivity contribution in [2.45, 2.75) is 13.0 Å². The van der Waals surface area contributed by atoms with Crippen LogP contribution in [0.4, 0.5) is 16.2 Å². The summed E-state index contributed by atoms with van der Waals surface area (Å²) < 4.78 is 11.9. The van der Waals surface area contributed by atoms with E-state index < -0.39 is 0 Å². The molecule has 2 aromatic heterocycles. The van der Waals surface area contributed by atoms with E-state index in [0.29, 0.717) is 24.9 Å². The summed E-state index contributed by atoms with van der Waals surface area (Å²) in [6.07, 6.45) is 1.38. The number of ether oxygens (including phenoxy) is 2. The molecule has 1 amide bonds. The Hall–Kier alpha value is -2.91. The van der Waals surface area contributed by atoms with Crippen LogP contribution >= 0.6 is 15.9 Å². The number of pyridine rings is 2. The molecule has 2 saturated heterocycles. The van der Waals surface area contributed by atoms with Gasteiger partial charge in [0.1, 0.15) is 11.6 Å². The molecule has 172 valence electrons. The number of methoxy groups -OCH3 is 1. The number of hydrogen-bond donors (Lipinski definition) is 1. The van der Waals surface area contributed by atoms with Crippen LogP contribution in [0.1, 0.15) is 5.56 Å². The lowest BCUT2D eigenvalue weighted by Gasteiger charge is -2.41. The molecule has 4 heterocycles. The standard InChI is InChI=1S/C24H26BrN5O3/c1-15-9-17(3-4-19(15)25)30-14-18(33-24(30)31)11-26-10-16-12-29(13-16)21-7-8-27-20-5-6-22(32-2)28-23(20)21/h3-9,16,18,26H,10-14H2,1-2H3/t18-/m1/s1. The van der Waals surface area contributed by atoms with Crippen LogP contribution in [0.2, 0.25) is 0 Å². The van der Waals surface area contributed by atoms with E-state index in [0.717, 1.165) is 52.1 Å². The lowest BCUT2D eigenvalue weighted by molar-refractivity contribution is 0.139. The van der Waals surface area contributed by atoms with E-state index in [1.165, 1.54) is 0 Å². The second-order valence-corrected chi connectivity index (χ2v) is 9.38. The van der Waals surface area contributed by atoms with Gasteiger partial charge in [-0.05, 0) is 42.8 Å². The van der Waals surface area contributed by atoms with Gasteiger partial charge in [-0.25, -0.2) is 9.78 Å². The highest BCUT2D eigenvalue weighted by Gasteiger charge is 2.33. The van der Waals surface area contributed by atoms with Crippen LogP contribution in [0.25, 0.3) is 11.0 Å². The Morgan fingerprint density at radius 2 is 2.03 bits per heavy atom. The fraction of sp³-hybridized carbons (Fsp3) is 0.375. The zero-order chi connectivity index (χ0) is 22.9. The number of anilines is 2. The molecule has 0 saturated carbocycles. The van der Waals surface area contributed by atoms with Gasteiger partial charge in [-0.15, -0.1) is 0 Å². The van der Waals surface area contributed by atoms with Crippen molar-refractivity contribution in [1.82, 2.24) is 15.3 Å². The first-order valence-corrected chi connectivity index (χ1v) is 11.8. The molecule has 0 spiro atoms. The summed E-state index contributed by atoms with van der Waals surface area (Å²) in [6, 6.07) is 11.7. The zero-order valence-electron chi connectivity index (χ0n) is 18.6. The van der Waals surface area contributed by atoms with Gasteiger partial charge in [0, 0.05) is 54.5 Å². The van der Waals surface area contributed by atoms with Crippen LogP contribution in [0, 0.1) is 12.8 Å². The molecule has 0 bridgehead atoms. The molecular weight excluding hydrogens is 486 g/mol. The number of halogens is 1. The number of carbonyl (C=O) groups is 1. The van der Waals surface area contributed by atoms with Gasteiger partial charge in [0.05, 0.1) is 24.9 Å². The SMILES string of the molecule is COc1ccc2nccc(N3CC(CNC[C@@H]4CN(c5ccc(Br)c(C)c5)C(=O)O4)C3)c2n1. The molecule has 2 fully saturated rings. The molecule has 1 atom stereocenters. The number of benzene rings is 1. The minimum absolute atomic E-state index is 0.154. The Kier molecular flexibility index (Phi) is 6.07. The Morgan fingerprint density at radius 1 is 1.18 bits per heavy atom. The van der Waals surface area contributed by atoms with E-state index in [1.54, 1.807) is 12.0 Å². The molecule has 33 heavy (non-hydrogen) atoms. The van der Waals surface area contributed by atoms with E-state index >= 15 is 0 Å². The van der Waals surface area contributed by atoms with Crippen LogP contribution in [0.15, 0.2) is 47.1 Å². The van der Waals surface area contributed by atoms with Crippen molar-refractivity contribution in [2.24, 2.45) is 5.92 Å². The first-order valence-electron chi connectivity index (χ1n) is 11.0. The average molecular weight is 512 g/mol. The molecule has 9 heteroatoms. The van der Waals surface area contributed by atoms with Gasteiger partial charge in [-0.2, -0.15) is 0 Å². The van der Waals surface area contributed by atoms with Gasteiger partial charge in [-0.1, -0.05) is 15.9 Å². The lowest BCUT2D eigenvalue weighted by atomic mass is 9.99. The molecule has 3 aromatic rings. The minimum Gasteiger partial charge on any atom is -0.481 e. The van der Waals surface area contributed by atoms with Gasteiger partial charge in [0.25, 0.3) is 0 Å². The monoisotopic (exact) mass is 511 g/mol. The van der Waals surface area contributed by atoms with Crippen molar-refractivity contribution < 1.29 is 14.3 Å². The van der Waals surface area contributed by atoms with Gasteiger partial charge in [0.2, 0.25) is 5.88 Å². The average Bonchev–Trinajstić information content (AvgIpc) is 3.17. The smallest absolute Gasteiger partial charge is 0.414 e. The minimum atomic E-state index is -0.286. The second kappa shape index (κ2) is 9.15. The Bertz CT molecular complexity index is 1180. The highest BCUT2D eigenvalue weighted by molar-refractivity contribution is 9.10. The molecule has 0 aliphatic carbocycles. The Morgan fingerprint density at radius 3 is 2.82 bits per heavy atom. The third kappa shape index (κ3) is 4.47. The maximum absolute atomic E-state index is 12.3. The van der Waals surface area contributed by atoms with Crippen LogP contribution in [-0.2, 0) is 4.74 Å². The largest absolute Gasteiger partial charge is 0.481 e. The van der Waals surface area contributed by atoms with Gasteiger partial charge >= 0.3 is 6.09 Å². The second-order valence-electron chi connectivity index (χ2n) is 8.53. The fourth-order valence-electron chi connectivity index (χ4n) is 4.34. The Labute approximate surface area is 201 Å². The van der Waals surface area contributed by atoms with Crippen molar-refractivity contribution in [3.05, 3.63) is 52.6 Å². The summed E-state index contributed by atoms with van der Waals surface area (Å²) in [5.74, 6) is 1.12. The number of aryl methyl sites for hydroxylation is 1. The number of amides is 1. The van der Waals surface area contributed by atoms with Crippen LogP contribution in [0.5, 0.6) is 5.88 Å². The lowest BCUT2D eigenvalue weighted by Crippen LogP contribution is -2.51. The summed E-state index contributed by atoms with van der Waals surface area (Å²) in [5.41, 5.74) is 4.77. The summed E-state index contributed by atoms with van der Waals surface area (Å²) in [4.78, 5) is 25.3. The van der Waals surface area contributed by atoms with Crippen molar-refractivity contribution in [3.8, 4) is 5.88 Å². The highest BCUT2D eigenvalue weighted by Crippen LogP contribution is 2.31. The van der Waals surface area contributed by atoms with Crippen molar-refractivity contribution >= 4 is 44.4 Å². The fourth-order valence-corrected chi connectivity index (χ4v) is 4.59. The van der Waals surface area contributed by atoms with Crippen molar-refractivity contribution in [2.75, 3.05) is 49.6 Å². The third-order valence-corrected chi connectivity index (χ3v) is 7.07. The topological polar surface area (TPSA) is 79.8 Å². The Balaban J connectivity index is 1.12. The maximum Gasteiger partial charge on any atom is 0.414 e. The van der Waals surface area contributed by atoms with Crippen LogP contribution < -0.4 is 19.9 Å². The predicted octanol–water partition coefficient (Wildman–Crippen LogP) is 3.76. The predicted molar refractivity (Wildman–Crippen MR) is 131 cm³/mol. The molecule has 1 N–H and O–H groups in total. The molecule has 0 radical (unpaired) electrons. The van der Waals surface area contributed by atoms with Crippen LogP contribution in [-0.4, -0.2) is 62.0 Å². The summed E-state index contributed by atoms with van der Waals surface area (Å²) >= 11 is 3.50. The number of carbonyl (C=O) groups excluding carboxylic acids is 1. The number of cyclic esters (lactones) is 1. The first-order chi connectivity index (χ1) is 16.0. The van der Waals surface area contributed by atoms with E-state index in [-0.39, 0.29) is 12.2 Å². The number of fused-ring (bicyclic) bond motifs is 1. The van der Waals surface area contributed by atoms with Crippen LogP contribution in [0.3, 0.4) is 0 Å². The molecule has 1 aromatic carbocycles. The maximum atomic E-state index is 12.3. The molecule has 2 aliphatic rings. The van der Waals surface area contributed by atoms with E-state index in [1.807, 2.05) is 49.5 Å². The summed E-state index contributed by atoms with van der Waals surface area (Å²) in [7, 11) is 1.62. The number of rotatable bonds is 7. The van der Waals surface area contributed by atoms with E-state index in [9.17, 15) is 4.79 Å². The van der Waals surface area contributed by atoms with Gasteiger partial charge < -0.3 is 19.7 Å². The van der Waals surface area contributed by atoms with E-state index in [2.05, 4.69) is 36.1 Å². The zero-order valence-corrected chi connectivity index (χ0v) is 20.2. The molecule has 5 rings (SSSR count). The molecular formula is C24H26BrN5O3. The van der Waals surface area contributed by atoms with Gasteiger partial charge in [0.15, 0.2) is 0 Å². The molecule has 0 unspecified atom stereocenters. The number of nitrogens with zero attached hydrogens (tertiary/aromatic N) is 4. The molecule has 2 aliphatic heterocycles.